The molecule has 2 N–H and O–H groups in total. The molecule has 0 bridgehead atoms. The fourth-order valence-electron chi connectivity index (χ4n) is 1.13. The molecule has 68 valence electrons. The van der Waals surface area contributed by atoms with Gasteiger partial charge in [-0.3, -0.25) is 4.68 Å². The SMILES string of the molecule is CC(C)c1cn(C(C)C)nc1N. The normalized spacial score (nSPS) is 11.5. The molecule has 0 aliphatic heterocycles. The van der Waals surface area contributed by atoms with Gasteiger partial charge in [0.15, 0.2) is 0 Å². The van der Waals surface area contributed by atoms with Crippen LogP contribution in [0, 0.1) is 0 Å². The van der Waals surface area contributed by atoms with Crippen LogP contribution in [0.5, 0.6) is 0 Å². The van der Waals surface area contributed by atoms with Crippen LogP contribution in [0.4, 0.5) is 5.82 Å². The molecule has 0 saturated heterocycles. The second-order valence-corrected chi connectivity index (χ2v) is 3.70. The lowest BCUT2D eigenvalue weighted by Gasteiger charge is -2.03. The van der Waals surface area contributed by atoms with Gasteiger partial charge in [0, 0.05) is 17.8 Å². The van der Waals surface area contributed by atoms with Crippen molar-refractivity contribution < 1.29 is 0 Å². The van der Waals surface area contributed by atoms with E-state index in [0.29, 0.717) is 17.8 Å². The number of anilines is 1. The first-order chi connectivity index (χ1) is 5.52. The molecule has 0 atom stereocenters. The molecular formula is C9H17N3. The highest BCUT2D eigenvalue weighted by Crippen LogP contribution is 2.21. The molecule has 1 rings (SSSR count). The molecule has 0 unspecified atom stereocenters. The maximum atomic E-state index is 5.75. The standard InChI is InChI=1S/C9H17N3/c1-6(2)8-5-12(7(3)4)11-9(8)10/h5-7H,1-4H3,(H2,10,11). The first kappa shape index (κ1) is 9.10. The average Bonchev–Trinajstić information content (AvgIpc) is 2.30. The van der Waals surface area contributed by atoms with Crippen molar-refractivity contribution in [2.75, 3.05) is 5.73 Å². The minimum Gasteiger partial charge on any atom is -0.382 e. The molecule has 3 heteroatoms. The third-order valence-corrected chi connectivity index (χ3v) is 1.94. The van der Waals surface area contributed by atoms with Crippen LogP contribution in [-0.2, 0) is 0 Å². The van der Waals surface area contributed by atoms with Gasteiger partial charge in [0.25, 0.3) is 0 Å². The van der Waals surface area contributed by atoms with Crippen molar-refractivity contribution in [1.29, 1.82) is 0 Å². The fraction of sp³-hybridized carbons (Fsp3) is 0.667. The van der Waals surface area contributed by atoms with E-state index in [1.165, 1.54) is 0 Å². The summed E-state index contributed by atoms with van der Waals surface area (Å²) in [6.07, 6.45) is 2.03. The second-order valence-electron chi connectivity index (χ2n) is 3.70. The largest absolute Gasteiger partial charge is 0.382 e. The van der Waals surface area contributed by atoms with Crippen LogP contribution in [0.1, 0.15) is 45.2 Å². The molecule has 0 fully saturated rings. The zero-order valence-corrected chi connectivity index (χ0v) is 8.20. The lowest BCUT2D eigenvalue weighted by atomic mass is 10.1. The quantitative estimate of drug-likeness (QED) is 0.733. The van der Waals surface area contributed by atoms with Gasteiger partial charge in [-0.05, 0) is 19.8 Å². The van der Waals surface area contributed by atoms with Gasteiger partial charge in [0.05, 0.1) is 0 Å². The summed E-state index contributed by atoms with van der Waals surface area (Å²) in [6, 6.07) is 0.389. The Kier molecular flexibility index (Phi) is 2.40. The van der Waals surface area contributed by atoms with Crippen molar-refractivity contribution >= 4 is 5.82 Å². The molecule has 1 aromatic heterocycles. The Morgan fingerprint density at radius 1 is 1.33 bits per heavy atom. The highest BCUT2D eigenvalue weighted by atomic mass is 15.3. The van der Waals surface area contributed by atoms with Gasteiger partial charge in [-0.25, -0.2) is 0 Å². The topological polar surface area (TPSA) is 43.8 Å². The molecule has 1 heterocycles. The zero-order chi connectivity index (χ0) is 9.30. The number of nitrogens with two attached hydrogens (primary N) is 1. The van der Waals surface area contributed by atoms with Gasteiger partial charge in [-0.15, -0.1) is 0 Å². The maximum Gasteiger partial charge on any atom is 0.148 e. The van der Waals surface area contributed by atoms with Gasteiger partial charge >= 0.3 is 0 Å². The number of nitrogens with zero attached hydrogens (tertiary/aromatic N) is 2. The summed E-state index contributed by atoms with van der Waals surface area (Å²) in [6.45, 7) is 8.43. The molecule has 12 heavy (non-hydrogen) atoms. The average molecular weight is 167 g/mol. The Balaban J connectivity index is 3.00. The summed E-state index contributed by atoms with van der Waals surface area (Å²) in [5.74, 6) is 1.12. The lowest BCUT2D eigenvalue weighted by molar-refractivity contribution is 0.533. The molecule has 3 nitrogen and oxygen atoms in total. The van der Waals surface area contributed by atoms with E-state index >= 15 is 0 Å². The summed E-state index contributed by atoms with van der Waals surface area (Å²) in [7, 11) is 0. The summed E-state index contributed by atoms with van der Waals surface area (Å²) < 4.78 is 1.91. The van der Waals surface area contributed by atoms with E-state index in [0.717, 1.165) is 5.56 Å². The molecule has 1 aromatic rings. The smallest absolute Gasteiger partial charge is 0.148 e. The van der Waals surface area contributed by atoms with E-state index in [2.05, 4.69) is 32.8 Å². The molecule has 0 saturated carbocycles. The van der Waals surface area contributed by atoms with Crippen molar-refractivity contribution in [1.82, 2.24) is 9.78 Å². The third kappa shape index (κ3) is 1.60. The molecular weight excluding hydrogens is 150 g/mol. The number of hydrogen-bond donors (Lipinski definition) is 1. The van der Waals surface area contributed by atoms with Crippen molar-refractivity contribution in [2.24, 2.45) is 0 Å². The van der Waals surface area contributed by atoms with Crippen LogP contribution in [0.25, 0.3) is 0 Å². The zero-order valence-electron chi connectivity index (χ0n) is 8.20. The number of aromatic nitrogens is 2. The van der Waals surface area contributed by atoms with Crippen LogP contribution in [0.2, 0.25) is 0 Å². The summed E-state index contributed by atoms with van der Waals surface area (Å²) >= 11 is 0. The molecule has 0 radical (unpaired) electrons. The van der Waals surface area contributed by atoms with Crippen LogP contribution in [0.15, 0.2) is 6.20 Å². The lowest BCUT2D eigenvalue weighted by Crippen LogP contribution is -2.01. The molecule has 0 spiro atoms. The van der Waals surface area contributed by atoms with E-state index in [4.69, 9.17) is 5.73 Å². The monoisotopic (exact) mass is 167 g/mol. The predicted octanol–water partition coefficient (Wildman–Crippen LogP) is 2.17. The van der Waals surface area contributed by atoms with Crippen LogP contribution in [-0.4, -0.2) is 9.78 Å². The fourth-order valence-corrected chi connectivity index (χ4v) is 1.13. The molecule has 0 aliphatic carbocycles. The second kappa shape index (κ2) is 3.17. The van der Waals surface area contributed by atoms with Crippen molar-refractivity contribution in [2.45, 2.75) is 39.7 Å². The summed E-state index contributed by atoms with van der Waals surface area (Å²) in [4.78, 5) is 0. The summed E-state index contributed by atoms with van der Waals surface area (Å²) in [5, 5.41) is 4.23. The summed E-state index contributed by atoms with van der Waals surface area (Å²) in [5.41, 5.74) is 6.89. The Hall–Kier alpha value is -0.990. The molecule has 0 amide bonds. The third-order valence-electron chi connectivity index (χ3n) is 1.94. The van der Waals surface area contributed by atoms with E-state index in [1.807, 2.05) is 10.9 Å². The van der Waals surface area contributed by atoms with Gasteiger partial charge in [0.2, 0.25) is 0 Å². The number of rotatable bonds is 2. The van der Waals surface area contributed by atoms with Gasteiger partial charge in [-0.1, -0.05) is 13.8 Å². The minimum absolute atomic E-state index is 0.389. The van der Waals surface area contributed by atoms with E-state index < -0.39 is 0 Å². The first-order valence-corrected chi connectivity index (χ1v) is 4.37. The molecule has 0 aliphatic rings. The van der Waals surface area contributed by atoms with Crippen molar-refractivity contribution in [3.05, 3.63) is 11.8 Å². The number of nitrogen functional groups attached to an aromatic ring is 1. The van der Waals surface area contributed by atoms with Gasteiger partial charge in [0.1, 0.15) is 5.82 Å². The van der Waals surface area contributed by atoms with Gasteiger partial charge in [-0.2, -0.15) is 5.10 Å². The Morgan fingerprint density at radius 2 is 1.92 bits per heavy atom. The van der Waals surface area contributed by atoms with Crippen LogP contribution < -0.4 is 5.73 Å². The van der Waals surface area contributed by atoms with E-state index in [1.54, 1.807) is 0 Å². The number of hydrogen-bond acceptors (Lipinski definition) is 2. The Morgan fingerprint density at radius 3 is 2.17 bits per heavy atom. The minimum atomic E-state index is 0.389. The predicted molar refractivity (Wildman–Crippen MR) is 51.1 cm³/mol. The highest BCUT2D eigenvalue weighted by molar-refractivity contribution is 5.39. The first-order valence-electron chi connectivity index (χ1n) is 4.37. The van der Waals surface area contributed by atoms with Crippen molar-refractivity contribution in [3.63, 3.8) is 0 Å². The Bertz CT molecular complexity index is 261. The highest BCUT2D eigenvalue weighted by Gasteiger charge is 2.10. The maximum absolute atomic E-state index is 5.75. The Labute approximate surface area is 73.6 Å². The van der Waals surface area contributed by atoms with E-state index in [9.17, 15) is 0 Å². The van der Waals surface area contributed by atoms with E-state index in [-0.39, 0.29) is 0 Å². The van der Waals surface area contributed by atoms with Gasteiger partial charge < -0.3 is 5.73 Å². The van der Waals surface area contributed by atoms with Crippen LogP contribution >= 0.6 is 0 Å². The molecule has 0 aromatic carbocycles. The van der Waals surface area contributed by atoms with Crippen molar-refractivity contribution in [3.8, 4) is 0 Å². The van der Waals surface area contributed by atoms with Crippen LogP contribution in [0.3, 0.4) is 0 Å².